The van der Waals surface area contributed by atoms with Crippen LogP contribution >= 0.6 is 0 Å². The molecule has 1 N–H and O–H groups in total. The number of unbranched alkanes of at least 4 members (excludes halogenated alkanes) is 1. The van der Waals surface area contributed by atoms with E-state index >= 15 is 0 Å². The molecule has 0 bridgehead atoms. The van der Waals surface area contributed by atoms with E-state index in [1.807, 2.05) is 31.2 Å². The van der Waals surface area contributed by atoms with Gasteiger partial charge in [-0.1, -0.05) is 32.4 Å². The summed E-state index contributed by atoms with van der Waals surface area (Å²) in [7, 11) is 0. The fraction of sp³-hybridized carbons (Fsp3) is 0.529. The lowest BCUT2D eigenvalue weighted by molar-refractivity contribution is -0.142. The molecule has 4 heteroatoms. The molecule has 4 nitrogen and oxygen atoms in total. The first kappa shape index (κ1) is 15.5. The van der Waals surface area contributed by atoms with E-state index in [2.05, 4.69) is 6.92 Å². The summed E-state index contributed by atoms with van der Waals surface area (Å²) in [6, 6.07) is 6.87. The van der Waals surface area contributed by atoms with Gasteiger partial charge in [-0.25, -0.2) is 4.79 Å². The van der Waals surface area contributed by atoms with Crippen molar-refractivity contribution in [2.75, 3.05) is 6.54 Å². The fourth-order valence-electron chi connectivity index (χ4n) is 2.91. The number of nitrogens with zero attached hydrogens (tertiary/aromatic N) is 1. The maximum absolute atomic E-state index is 12.5. The number of carboxylic acid groups (broad SMARTS) is 1. The Morgan fingerprint density at radius 2 is 1.95 bits per heavy atom. The molecule has 1 aromatic rings. The topological polar surface area (TPSA) is 57.6 Å². The van der Waals surface area contributed by atoms with Gasteiger partial charge < -0.3 is 10.0 Å². The van der Waals surface area contributed by atoms with Gasteiger partial charge in [0.05, 0.1) is 0 Å². The third kappa shape index (κ3) is 3.43. The average molecular weight is 289 g/mol. The summed E-state index contributed by atoms with van der Waals surface area (Å²) >= 11 is 0. The van der Waals surface area contributed by atoms with Crippen molar-refractivity contribution in [1.29, 1.82) is 0 Å². The Morgan fingerprint density at radius 3 is 2.52 bits per heavy atom. The summed E-state index contributed by atoms with van der Waals surface area (Å²) in [4.78, 5) is 25.3. The Balaban J connectivity index is 2.10. The zero-order chi connectivity index (χ0) is 15.4. The van der Waals surface area contributed by atoms with Crippen LogP contribution < -0.4 is 0 Å². The first-order valence-electron chi connectivity index (χ1n) is 7.67. The van der Waals surface area contributed by atoms with E-state index in [1.165, 1.54) is 10.5 Å². The van der Waals surface area contributed by atoms with Crippen LogP contribution in [0.1, 0.15) is 49.0 Å². The lowest BCUT2D eigenvalue weighted by Gasteiger charge is -2.23. The van der Waals surface area contributed by atoms with Crippen molar-refractivity contribution in [2.24, 2.45) is 5.92 Å². The van der Waals surface area contributed by atoms with Gasteiger partial charge in [0.2, 0.25) is 0 Å². The molecule has 1 fully saturated rings. The van der Waals surface area contributed by atoms with E-state index in [0.29, 0.717) is 12.1 Å². The number of likely N-dealkylation sites (tertiary alicyclic amines) is 1. The molecule has 1 saturated heterocycles. The lowest BCUT2D eigenvalue weighted by atomic mass is 10.0. The van der Waals surface area contributed by atoms with Gasteiger partial charge in [-0.15, -0.1) is 0 Å². The molecule has 1 aliphatic heterocycles. The number of hydrogen-bond donors (Lipinski definition) is 1. The third-order valence-corrected chi connectivity index (χ3v) is 4.23. The van der Waals surface area contributed by atoms with Gasteiger partial charge in [0.1, 0.15) is 6.04 Å². The third-order valence-electron chi connectivity index (χ3n) is 4.23. The largest absolute Gasteiger partial charge is 0.480 e. The number of carboxylic acids is 1. The molecule has 21 heavy (non-hydrogen) atoms. The van der Waals surface area contributed by atoms with E-state index in [0.717, 1.165) is 25.7 Å². The van der Waals surface area contributed by atoms with E-state index in [4.69, 9.17) is 0 Å². The predicted molar refractivity (Wildman–Crippen MR) is 81.3 cm³/mol. The molecule has 114 valence electrons. The first-order chi connectivity index (χ1) is 10.0. The normalized spacial score (nSPS) is 21.5. The van der Waals surface area contributed by atoms with Crippen molar-refractivity contribution in [3.8, 4) is 0 Å². The number of benzene rings is 1. The minimum atomic E-state index is -0.909. The van der Waals surface area contributed by atoms with Crippen LogP contribution in [0.15, 0.2) is 24.3 Å². The van der Waals surface area contributed by atoms with Crippen LogP contribution in [-0.4, -0.2) is 34.5 Å². The molecule has 0 aliphatic carbocycles. The minimum Gasteiger partial charge on any atom is -0.480 e. The fourth-order valence-corrected chi connectivity index (χ4v) is 2.91. The van der Waals surface area contributed by atoms with Crippen LogP contribution in [0, 0.1) is 5.92 Å². The molecule has 1 aliphatic rings. The number of rotatable bonds is 5. The quantitative estimate of drug-likeness (QED) is 0.906. The van der Waals surface area contributed by atoms with E-state index in [9.17, 15) is 14.7 Å². The standard InChI is InChI=1S/C17H23NO3/c1-3-4-5-13-6-8-14(9-7-13)16(19)18-11-10-12(2)15(18)17(20)21/h6-9,12,15H,3-5,10-11H2,1-2H3,(H,20,21). The van der Waals surface area contributed by atoms with Gasteiger partial charge in [0.15, 0.2) is 0 Å². The highest BCUT2D eigenvalue weighted by molar-refractivity contribution is 5.97. The number of aryl methyl sites for hydroxylation is 1. The molecule has 1 heterocycles. The van der Waals surface area contributed by atoms with Crippen molar-refractivity contribution in [3.05, 3.63) is 35.4 Å². The summed E-state index contributed by atoms with van der Waals surface area (Å²) in [5.74, 6) is -1.07. The first-order valence-corrected chi connectivity index (χ1v) is 7.67. The van der Waals surface area contributed by atoms with Gasteiger partial charge in [-0.2, -0.15) is 0 Å². The summed E-state index contributed by atoms with van der Waals surface area (Å²) in [5.41, 5.74) is 1.80. The number of amides is 1. The zero-order valence-electron chi connectivity index (χ0n) is 12.7. The number of carbonyl (C=O) groups is 2. The number of aliphatic carboxylic acids is 1. The molecule has 0 aromatic heterocycles. The van der Waals surface area contributed by atoms with Gasteiger partial charge in [-0.3, -0.25) is 4.79 Å². The van der Waals surface area contributed by atoms with Crippen molar-refractivity contribution < 1.29 is 14.7 Å². The van der Waals surface area contributed by atoms with Crippen molar-refractivity contribution in [1.82, 2.24) is 4.90 Å². The Morgan fingerprint density at radius 1 is 1.29 bits per heavy atom. The van der Waals surface area contributed by atoms with Crippen LogP contribution in [0.25, 0.3) is 0 Å². The lowest BCUT2D eigenvalue weighted by Crippen LogP contribution is -2.42. The maximum Gasteiger partial charge on any atom is 0.326 e. The second-order valence-corrected chi connectivity index (χ2v) is 5.85. The molecule has 1 aromatic carbocycles. The highest BCUT2D eigenvalue weighted by Crippen LogP contribution is 2.26. The van der Waals surface area contributed by atoms with Crippen molar-refractivity contribution in [2.45, 2.75) is 45.6 Å². The Bertz CT molecular complexity index is 509. The Hall–Kier alpha value is -1.84. The van der Waals surface area contributed by atoms with Gasteiger partial charge in [0, 0.05) is 12.1 Å². The number of carbonyl (C=O) groups excluding carboxylic acids is 1. The van der Waals surface area contributed by atoms with Gasteiger partial charge in [-0.05, 0) is 42.9 Å². The SMILES string of the molecule is CCCCc1ccc(C(=O)N2CCC(C)C2C(=O)O)cc1. The van der Waals surface area contributed by atoms with E-state index in [-0.39, 0.29) is 11.8 Å². The molecule has 2 rings (SSSR count). The summed E-state index contributed by atoms with van der Waals surface area (Å²) in [6.45, 7) is 4.56. The van der Waals surface area contributed by atoms with Gasteiger partial charge in [0.25, 0.3) is 5.91 Å². The highest BCUT2D eigenvalue weighted by Gasteiger charge is 2.39. The van der Waals surface area contributed by atoms with Crippen molar-refractivity contribution >= 4 is 11.9 Å². The number of hydrogen-bond acceptors (Lipinski definition) is 2. The van der Waals surface area contributed by atoms with Crippen LogP contribution in [0.2, 0.25) is 0 Å². The molecule has 2 unspecified atom stereocenters. The summed E-state index contributed by atoms with van der Waals surface area (Å²) in [6.07, 6.45) is 4.05. The smallest absolute Gasteiger partial charge is 0.326 e. The highest BCUT2D eigenvalue weighted by atomic mass is 16.4. The minimum absolute atomic E-state index is 0.00952. The maximum atomic E-state index is 12.5. The molecule has 0 radical (unpaired) electrons. The molecule has 0 saturated carbocycles. The average Bonchev–Trinajstić information content (AvgIpc) is 2.87. The summed E-state index contributed by atoms with van der Waals surface area (Å²) in [5, 5.41) is 9.30. The van der Waals surface area contributed by atoms with Gasteiger partial charge >= 0.3 is 5.97 Å². The van der Waals surface area contributed by atoms with Crippen LogP contribution in [0.4, 0.5) is 0 Å². The van der Waals surface area contributed by atoms with Crippen molar-refractivity contribution in [3.63, 3.8) is 0 Å². The predicted octanol–water partition coefficient (Wildman–Crippen LogP) is 2.96. The van der Waals surface area contributed by atoms with Crippen LogP contribution in [0.5, 0.6) is 0 Å². The zero-order valence-corrected chi connectivity index (χ0v) is 12.7. The second-order valence-electron chi connectivity index (χ2n) is 5.85. The molecule has 2 atom stereocenters. The molecular formula is C17H23NO3. The Kier molecular flexibility index (Phi) is 4.99. The molecular weight excluding hydrogens is 266 g/mol. The molecule has 0 spiro atoms. The second kappa shape index (κ2) is 6.74. The summed E-state index contributed by atoms with van der Waals surface area (Å²) < 4.78 is 0. The molecule has 1 amide bonds. The van der Waals surface area contributed by atoms with Crippen LogP contribution in [-0.2, 0) is 11.2 Å². The van der Waals surface area contributed by atoms with E-state index < -0.39 is 12.0 Å². The monoisotopic (exact) mass is 289 g/mol. The Labute approximate surface area is 125 Å². The van der Waals surface area contributed by atoms with E-state index in [1.54, 1.807) is 0 Å². The van der Waals surface area contributed by atoms with Crippen LogP contribution in [0.3, 0.4) is 0 Å².